The Bertz CT molecular complexity index is 1100. The van der Waals surface area contributed by atoms with Gasteiger partial charge in [-0.1, -0.05) is 66.7 Å². The van der Waals surface area contributed by atoms with E-state index in [0.29, 0.717) is 0 Å². The summed E-state index contributed by atoms with van der Waals surface area (Å²) < 4.78 is 0. The Morgan fingerprint density at radius 1 is 0.939 bits per heavy atom. The Hall–Kier alpha value is -3.18. The predicted octanol–water partition coefficient (Wildman–Crippen LogP) is 4.99. The summed E-state index contributed by atoms with van der Waals surface area (Å²) in [5.41, 5.74) is 2.59. The van der Waals surface area contributed by atoms with Gasteiger partial charge in [0.05, 0.1) is 5.41 Å². The largest absolute Gasteiger partial charge is 0.480 e. The molecular formula is C28H34N2O3. The summed E-state index contributed by atoms with van der Waals surface area (Å²) in [6, 6.07) is 22.3. The standard InChI is InChI=1S/C28H34N2O3/c1-19(24-13-7-11-22-10-5-6-12-25(22)24)29-18-8-9-21-14-16-23(17-15-21)28(3,4)27(33)30-20(2)26(31)32/h5-7,10-17,19-20,29H,8-9,18H2,1-4H3,(H,30,33)(H,31,32)/t19?,20-/m1/s1. The first-order chi connectivity index (χ1) is 15.7. The van der Waals surface area contributed by atoms with Crippen molar-refractivity contribution in [2.75, 3.05) is 6.54 Å². The van der Waals surface area contributed by atoms with Gasteiger partial charge >= 0.3 is 5.97 Å². The number of hydrogen-bond acceptors (Lipinski definition) is 3. The molecule has 0 saturated carbocycles. The number of carboxylic acids is 1. The van der Waals surface area contributed by atoms with E-state index < -0.39 is 17.4 Å². The lowest BCUT2D eigenvalue weighted by Crippen LogP contribution is -2.47. The van der Waals surface area contributed by atoms with E-state index in [1.165, 1.54) is 28.8 Å². The van der Waals surface area contributed by atoms with Crippen molar-refractivity contribution in [1.29, 1.82) is 0 Å². The van der Waals surface area contributed by atoms with Crippen molar-refractivity contribution in [1.82, 2.24) is 10.6 Å². The maximum atomic E-state index is 12.6. The monoisotopic (exact) mass is 446 g/mol. The maximum Gasteiger partial charge on any atom is 0.325 e. The number of benzene rings is 3. The van der Waals surface area contributed by atoms with Crippen LogP contribution in [0.2, 0.25) is 0 Å². The van der Waals surface area contributed by atoms with Crippen LogP contribution in [0.15, 0.2) is 66.7 Å². The van der Waals surface area contributed by atoms with Crippen LogP contribution >= 0.6 is 0 Å². The van der Waals surface area contributed by atoms with Crippen molar-refractivity contribution in [3.05, 3.63) is 83.4 Å². The number of amides is 1. The smallest absolute Gasteiger partial charge is 0.325 e. The fourth-order valence-corrected chi connectivity index (χ4v) is 4.01. The lowest BCUT2D eigenvalue weighted by molar-refractivity contribution is -0.142. The first-order valence-electron chi connectivity index (χ1n) is 11.5. The summed E-state index contributed by atoms with van der Waals surface area (Å²) in [7, 11) is 0. The number of carbonyl (C=O) groups is 2. The number of carbonyl (C=O) groups excluding carboxylic acids is 1. The normalized spacial score (nSPS) is 13.5. The van der Waals surface area contributed by atoms with E-state index in [9.17, 15) is 9.59 Å². The number of hydrogen-bond donors (Lipinski definition) is 3. The minimum atomic E-state index is -1.04. The first-order valence-corrected chi connectivity index (χ1v) is 11.5. The van der Waals surface area contributed by atoms with Gasteiger partial charge in [-0.25, -0.2) is 0 Å². The molecule has 0 aliphatic rings. The number of aryl methyl sites for hydroxylation is 1. The van der Waals surface area contributed by atoms with Gasteiger partial charge in [0.15, 0.2) is 0 Å². The van der Waals surface area contributed by atoms with E-state index in [-0.39, 0.29) is 11.9 Å². The third-order valence-corrected chi connectivity index (χ3v) is 6.34. The second kappa shape index (κ2) is 10.6. The molecule has 0 fully saturated rings. The Balaban J connectivity index is 1.52. The molecule has 1 amide bonds. The molecule has 0 aliphatic heterocycles. The van der Waals surface area contributed by atoms with Crippen LogP contribution in [0, 0.1) is 0 Å². The Morgan fingerprint density at radius 2 is 1.61 bits per heavy atom. The zero-order chi connectivity index (χ0) is 24.0. The van der Waals surface area contributed by atoms with Crippen molar-refractivity contribution in [3.8, 4) is 0 Å². The van der Waals surface area contributed by atoms with Gasteiger partial charge in [-0.3, -0.25) is 9.59 Å². The Labute approximate surface area is 196 Å². The average Bonchev–Trinajstić information content (AvgIpc) is 2.81. The van der Waals surface area contributed by atoms with Gasteiger partial charge in [0, 0.05) is 6.04 Å². The van der Waals surface area contributed by atoms with Crippen LogP contribution in [0.3, 0.4) is 0 Å². The van der Waals surface area contributed by atoms with Gasteiger partial charge in [-0.2, -0.15) is 0 Å². The number of aliphatic carboxylic acids is 1. The highest BCUT2D eigenvalue weighted by atomic mass is 16.4. The lowest BCUT2D eigenvalue weighted by atomic mass is 9.83. The van der Waals surface area contributed by atoms with Crippen molar-refractivity contribution in [2.45, 2.75) is 58.0 Å². The van der Waals surface area contributed by atoms with Crippen LogP contribution in [0.25, 0.3) is 10.8 Å². The second-order valence-electron chi connectivity index (χ2n) is 9.20. The predicted molar refractivity (Wildman–Crippen MR) is 133 cm³/mol. The highest BCUT2D eigenvalue weighted by Crippen LogP contribution is 2.25. The van der Waals surface area contributed by atoms with Crippen LogP contribution in [0.4, 0.5) is 0 Å². The third-order valence-electron chi connectivity index (χ3n) is 6.34. The molecule has 3 N–H and O–H groups in total. The van der Waals surface area contributed by atoms with Crippen LogP contribution in [0.1, 0.15) is 56.8 Å². The van der Waals surface area contributed by atoms with Crippen LogP contribution in [-0.2, 0) is 21.4 Å². The van der Waals surface area contributed by atoms with Gasteiger partial charge in [0.2, 0.25) is 5.91 Å². The molecule has 5 nitrogen and oxygen atoms in total. The molecule has 33 heavy (non-hydrogen) atoms. The molecule has 3 aromatic carbocycles. The molecule has 0 aromatic heterocycles. The number of fused-ring (bicyclic) bond motifs is 1. The summed E-state index contributed by atoms with van der Waals surface area (Å²) in [6.07, 6.45) is 1.95. The van der Waals surface area contributed by atoms with Crippen molar-refractivity contribution < 1.29 is 14.7 Å². The molecule has 5 heteroatoms. The Morgan fingerprint density at radius 3 is 2.30 bits per heavy atom. The summed E-state index contributed by atoms with van der Waals surface area (Å²) >= 11 is 0. The van der Waals surface area contributed by atoms with E-state index in [0.717, 1.165) is 24.9 Å². The maximum absolute atomic E-state index is 12.6. The molecule has 3 rings (SSSR count). The van der Waals surface area contributed by atoms with Crippen molar-refractivity contribution >= 4 is 22.6 Å². The zero-order valence-electron chi connectivity index (χ0n) is 19.9. The molecule has 1 unspecified atom stereocenters. The summed E-state index contributed by atoms with van der Waals surface area (Å²) in [5, 5.41) is 17.8. The zero-order valence-corrected chi connectivity index (χ0v) is 19.9. The van der Waals surface area contributed by atoms with Crippen molar-refractivity contribution in [3.63, 3.8) is 0 Å². The molecule has 0 bridgehead atoms. The molecule has 0 heterocycles. The Kier molecular flexibility index (Phi) is 7.88. The molecule has 3 aromatic rings. The quantitative estimate of drug-likeness (QED) is 0.383. The van der Waals surface area contributed by atoms with Gasteiger partial charge in [-0.15, -0.1) is 0 Å². The number of carboxylic acid groups (broad SMARTS) is 1. The minimum absolute atomic E-state index is 0.269. The molecule has 0 radical (unpaired) electrons. The summed E-state index contributed by atoms with van der Waals surface area (Å²) in [5.74, 6) is -1.34. The van der Waals surface area contributed by atoms with E-state index >= 15 is 0 Å². The van der Waals surface area contributed by atoms with Gasteiger partial charge in [-0.05, 0) is 74.5 Å². The summed E-state index contributed by atoms with van der Waals surface area (Å²) in [6.45, 7) is 8.20. The molecule has 0 aliphatic carbocycles. The van der Waals surface area contributed by atoms with Crippen LogP contribution in [-0.4, -0.2) is 29.6 Å². The molecule has 2 atom stereocenters. The molecule has 0 spiro atoms. The van der Waals surface area contributed by atoms with Crippen LogP contribution < -0.4 is 10.6 Å². The topological polar surface area (TPSA) is 78.4 Å². The molecular weight excluding hydrogens is 412 g/mol. The highest BCUT2D eigenvalue weighted by Gasteiger charge is 2.31. The molecule has 174 valence electrons. The van der Waals surface area contributed by atoms with Gasteiger partial charge in [0.25, 0.3) is 0 Å². The van der Waals surface area contributed by atoms with Gasteiger partial charge in [0.1, 0.15) is 6.04 Å². The number of nitrogens with one attached hydrogen (secondary N) is 2. The lowest BCUT2D eigenvalue weighted by Gasteiger charge is -2.25. The van der Waals surface area contributed by atoms with E-state index in [2.05, 4.69) is 72.2 Å². The summed E-state index contributed by atoms with van der Waals surface area (Å²) in [4.78, 5) is 23.6. The SMILES string of the molecule is CC(NCCCc1ccc(C(C)(C)C(=O)N[C@H](C)C(=O)O)cc1)c1cccc2ccccc12. The number of rotatable bonds is 10. The fourth-order valence-electron chi connectivity index (χ4n) is 4.01. The van der Waals surface area contributed by atoms with Gasteiger partial charge < -0.3 is 15.7 Å². The minimum Gasteiger partial charge on any atom is -0.480 e. The van der Waals surface area contributed by atoms with E-state index in [1.807, 2.05) is 26.0 Å². The fraction of sp³-hybridized carbons (Fsp3) is 0.357. The average molecular weight is 447 g/mol. The first kappa shape index (κ1) is 24.5. The second-order valence-corrected chi connectivity index (χ2v) is 9.20. The van der Waals surface area contributed by atoms with E-state index in [1.54, 1.807) is 0 Å². The highest BCUT2D eigenvalue weighted by molar-refractivity contribution is 5.90. The van der Waals surface area contributed by atoms with E-state index in [4.69, 9.17) is 5.11 Å². The van der Waals surface area contributed by atoms with Crippen molar-refractivity contribution in [2.24, 2.45) is 0 Å². The molecule has 0 saturated heterocycles. The van der Waals surface area contributed by atoms with Crippen LogP contribution in [0.5, 0.6) is 0 Å². The third kappa shape index (κ3) is 5.99.